The van der Waals surface area contributed by atoms with E-state index >= 15 is 0 Å². The number of hydrazone groups is 1. The molecule has 0 spiro atoms. The van der Waals surface area contributed by atoms with E-state index in [2.05, 4.69) is 5.10 Å². The molecule has 2 aromatic carbocycles. The number of amides is 1. The SMILES string of the molecule is CC1=NN(c2cccc(C(F)(F)F)c2)C(=O)/C1=C\c1ccc(-c2ccc(C(=O)OC(C)C)cc2)o1. The van der Waals surface area contributed by atoms with Crippen LogP contribution in [-0.4, -0.2) is 23.7 Å². The molecular weight excluding hydrogens is 461 g/mol. The van der Waals surface area contributed by atoms with Crippen LogP contribution >= 0.6 is 0 Å². The zero-order chi connectivity index (χ0) is 25.3. The van der Waals surface area contributed by atoms with E-state index in [9.17, 15) is 22.8 Å². The standard InChI is InChI=1S/C26H21F3N2O4/c1-15(2)34-25(33)18-9-7-17(8-10-18)23-12-11-21(35-23)14-22-16(3)30-31(24(22)32)20-6-4-5-19(13-20)26(27,28)29/h4-15H,1-3H3/b22-14-. The Balaban J connectivity index is 1.54. The Kier molecular flexibility index (Phi) is 6.34. The molecule has 0 fully saturated rings. The fraction of sp³-hybridized carbons (Fsp3) is 0.192. The van der Waals surface area contributed by atoms with Crippen LogP contribution in [-0.2, 0) is 15.7 Å². The highest BCUT2D eigenvalue weighted by molar-refractivity contribution is 6.32. The van der Waals surface area contributed by atoms with Crippen LogP contribution in [0.2, 0.25) is 0 Å². The molecule has 0 bridgehead atoms. The zero-order valence-corrected chi connectivity index (χ0v) is 19.1. The Bertz CT molecular complexity index is 1340. The van der Waals surface area contributed by atoms with E-state index in [0.717, 1.165) is 17.1 Å². The molecular formula is C26H21F3N2O4. The van der Waals surface area contributed by atoms with Crippen LogP contribution < -0.4 is 5.01 Å². The van der Waals surface area contributed by atoms with E-state index in [-0.39, 0.29) is 17.4 Å². The molecule has 9 heteroatoms. The quantitative estimate of drug-likeness (QED) is 0.314. The van der Waals surface area contributed by atoms with E-state index in [4.69, 9.17) is 9.15 Å². The number of anilines is 1. The number of alkyl halides is 3. The van der Waals surface area contributed by atoms with Crippen LogP contribution in [0.15, 0.2) is 75.8 Å². The minimum Gasteiger partial charge on any atom is -0.459 e. The molecule has 0 unspecified atom stereocenters. The molecule has 180 valence electrons. The molecule has 0 aliphatic carbocycles. The minimum atomic E-state index is -4.53. The molecule has 0 saturated carbocycles. The molecule has 0 N–H and O–H groups in total. The largest absolute Gasteiger partial charge is 0.459 e. The van der Waals surface area contributed by atoms with Gasteiger partial charge in [-0.3, -0.25) is 4.79 Å². The van der Waals surface area contributed by atoms with Gasteiger partial charge >= 0.3 is 12.1 Å². The first-order valence-corrected chi connectivity index (χ1v) is 10.7. The fourth-order valence-electron chi connectivity index (χ4n) is 3.45. The van der Waals surface area contributed by atoms with Gasteiger partial charge in [0.15, 0.2) is 0 Å². The highest BCUT2D eigenvalue weighted by atomic mass is 19.4. The van der Waals surface area contributed by atoms with Gasteiger partial charge < -0.3 is 9.15 Å². The Hall–Kier alpha value is -4.14. The maximum absolute atomic E-state index is 13.1. The lowest BCUT2D eigenvalue weighted by molar-refractivity contribution is -0.137. The first kappa shape index (κ1) is 24.0. The average molecular weight is 482 g/mol. The number of hydrogen-bond acceptors (Lipinski definition) is 5. The van der Waals surface area contributed by atoms with Crippen LogP contribution in [0.5, 0.6) is 0 Å². The summed E-state index contributed by atoms with van der Waals surface area (Å²) in [6, 6.07) is 14.5. The molecule has 3 aromatic rings. The van der Waals surface area contributed by atoms with Gasteiger partial charge in [-0.15, -0.1) is 0 Å². The smallest absolute Gasteiger partial charge is 0.416 e. The predicted molar refractivity (Wildman–Crippen MR) is 125 cm³/mol. The second-order valence-electron chi connectivity index (χ2n) is 8.14. The van der Waals surface area contributed by atoms with Gasteiger partial charge in [0, 0.05) is 5.56 Å². The van der Waals surface area contributed by atoms with Crippen molar-refractivity contribution in [2.24, 2.45) is 5.10 Å². The van der Waals surface area contributed by atoms with Gasteiger partial charge in [-0.1, -0.05) is 18.2 Å². The number of carbonyl (C=O) groups is 2. The first-order valence-electron chi connectivity index (χ1n) is 10.7. The molecule has 0 saturated heterocycles. The van der Waals surface area contributed by atoms with E-state index < -0.39 is 23.6 Å². The minimum absolute atomic E-state index is 0.0174. The van der Waals surface area contributed by atoms with Crippen molar-refractivity contribution in [3.8, 4) is 11.3 Å². The summed E-state index contributed by atoms with van der Waals surface area (Å²) in [5.74, 6) is -0.105. The van der Waals surface area contributed by atoms with Gasteiger partial charge in [0.2, 0.25) is 0 Å². The van der Waals surface area contributed by atoms with Gasteiger partial charge in [0.05, 0.1) is 34.2 Å². The number of halogens is 3. The Morgan fingerprint density at radius 1 is 1.09 bits per heavy atom. The second-order valence-corrected chi connectivity index (χ2v) is 8.14. The highest BCUT2D eigenvalue weighted by Gasteiger charge is 2.33. The van der Waals surface area contributed by atoms with Crippen molar-refractivity contribution in [1.82, 2.24) is 0 Å². The maximum atomic E-state index is 13.1. The summed E-state index contributed by atoms with van der Waals surface area (Å²) in [5.41, 5.74) is 0.823. The highest BCUT2D eigenvalue weighted by Crippen LogP contribution is 2.33. The topological polar surface area (TPSA) is 72.1 Å². The number of furan rings is 1. The second kappa shape index (κ2) is 9.25. The maximum Gasteiger partial charge on any atom is 0.416 e. The van der Waals surface area contributed by atoms with Crippen LogP contribution in [0.1, 0.15) is 42.5 Å². The Morgan fingerprint density at radius 2 is 1.80 bits per heavy atom. The van der Waals surface area contributed by atoms with Gasteiger partial charge in [-0.05, 0) is 69.3 Å². The molecule has 35 heavy (non-hydrogen) atoms. The number of carbonyl (C=O) groups excluding carboxylic acids is 2. The van der Waals surface area contributed by atoms with Crippen LogP contribution in [0, 0.1) is 0 Å². The number of esters is 1. The Morgan fingerprint density at radius 3 is 2.46 bits per heavy atom. The summed E-state index contributed by atoms with van der Waals surface area (Å²) < 4.78 is 50.2. The lowest BCUT2D eigenvalue weighted by atomic mass is 10.1. The van der Waals surface area contributed by atoms with Crippen molar-refractivity contribution in [1.29, 1.82) is 0 Å². The van der Waals surface area contributed by atoms with Crippen molar-refractivity contribution in [2.75, 3.05) is 5.01 Å². The third-order valence-corrected chi connectivity index (χ3v) is 5.14. The monoisotopic (exact) mass is 482 g/mol. The van der Waals surface area contributed by atoms with Crippen LogP contribution in [0.25, 0.3) is 17.4 Å². The summed E-state index contributed by atoms with van der Waals surface area (Å²) in [5, 5.41) is 5.07. The van der Waals surface area contributed by atoms with Gasteiger partial charge in [0.25, 0.3) is 5.91 Å². The number of rotatable bonds is 5. The van der Waals surface area contributed by atoms with E-state index in [0.29, 0.717) is 28.4 Å². The average Bonchev–Trinajstić information content (AvgIpc) is 3.38. The molecule has 1 aliphatic heterocycles. The molecule has 4 rings (SSSR count). The lowest BCUT2D eigenvalue weighted by Gasteiger charge is -2.14. The summed E-state index contributed by atoms with van der Waals surface area (Å²) in [6.45, 7) is 5.13. The van der Waals surface area contributed by atoms with E-state index in [1.807, 2.05) is 0 Å². The summed E-state index contributed by atoms with van der Waals surface area (Å²) >= 11 is 0. The van der Waals surface area contributed by atoms with E-state index in [1.165, 1.54) is 18.2 Å². The third kappa shape index (κ3) is 5.18. The fourth-order valence-corrected chi connectivity index (χ4v) is 3.45. The normalized spacial score (nSPS) is 15.2. The number of ether oxygens (including phenoxy) is 1. The molecule has 1 aliphatic rings. The third-order valence-electron chi connectivity index (χ3n) is 5.14. The van der Waals surface area contributed by atoms with Gasteiger partial charge in [0.1, 0.15) is 11.5 Å². The summed E-state index contributed by atoms with van der Waals surface area (Å²) in [7, 11) is 0. The van der Waals surface area contributed by atoms with Gasteiger partial charge in [-0.25, -0.2) is 4.79 Å². The van der Waals surface area contributed by atoms with Crippen molar-refractivity contribution in [3.05, 3.63) is 83.1 Å². The predicted octanol–water partition coefficient (Wildman–Crippen LogP) is 6.34. The number of nitrogens with zero attached hydrogens (tertiary/aromatic N) is 2. The van der Waals surface area contributed by atoms with Crippen molar-refractivity contribution in [3.63, 3.8) is 0 Å². The van der Waals surface area contributed by atoms with Crippen molar-refractivity contribution in [2.45, 2.75) is 33.1 Å². The lowest BCUT2D eigenvalue weighted by Crippen LogP contribution is -2.21. The van der Waals surface area contributed by atoms with Crippen LogP contribution in [0.3, 0.4) is 0 Å². The van der Waals surface area contributed by atoms with Crippen LogP contribution in [0.4, 0.5) is 18.9 Å². The number of hydrogen-bond donors (Lipinski definition) is 0. The molecule has 1 amide bonds. The Labute approximate surface area is 199 Å². The van der Waals surface area contributed by atoms with Gasteiger partial charge in [-0.2, -0.15) is 23.3 Å². The first-order chi connectivity index (χ1) is 16.5. The van der Waals surface area contributed by atoms with Crippen molar-refractivity contribution < 1.29 is 31.9 Å². The number of benzene rings is 2. The molecule has 1 aromatic heterocycles. The van der Waals surface area contributed by atoms with E-state index in [1.54, 1.807) is 57.2 Å². The molecule has 0 radical (unpaired) electrons. The molecule has 2 heterocycles. The van der Waals surface area contributed by atoms with Crippen molar-refractivity contribution >= 4 is 29.4 Å². The summed E-state index contributed by atoms with van der Waals surface area (Å²) in [4.78, 5) is 24.9. The molecule has 6 nitrogen and oxygen atoms in total. The zero-order valence-electron chi connectivity index (χ0n) is 19.1. The summed E-state index contributed by atoms with van der Waals surface area (Å²) in [6.07, 6.45) is -3.27. The molecule has 0 atom stereocenters.